The molecule has 0 aromatic heterocycles. The van der Waals surface area contributed by atoms with Crippen LogP contribution in [0.2, 0.25) is 0 Å². The fourth-order valence-corrected chi connectivity index (χ4v) is 1.25. The van der Waals surface area contributed by atoms with Gasteiger partial charge in [-0.2, -0.15) is 4.31 Å². The molecule has 0 saturated heterocycles. The van der Waals surface area contributed by atoms with E-state index in [-0.39, 0.29) is 33.6 Å². The Hall–Kier alpha value is 1.27. The van der Waals surface area contributed by atoms with Gasteiger partial charge in [0.25, 0.3) is 0 Å². The van der Waals surface area contributed by atoms with Gasteiger partial charge >= 0.3 is 15.6 Å². The van der Waals surface area contributed by atoms with Crippen LogP contribution in [0.25, 0.3) is 0 Å². The van der Waals surface area contributed by atoms with E-state index in [4.69, 9.17) is 19.6 Å². The Morgan fingerprint density at radius 2 is 1.00 bits per heavy atom. The van der Waals surface area contributed by atoms with Crippen molar-refractivity contribution < 1.29 is 66.6 Å². The summed E-state index contributed by atoms with van der Waals surface area (Å²) in [6.45, 7) is 0. The van der Waals surface area contributed by atoms with Crippen LogP contribution in [0.5, 0.6) is 0 Å². The maximum Gasteiger partial charge on any atom is 0.478 e. The van der Waals surface area contributed by atoms with E-state index >= 15 is 0 Å². The van der Waals surface area contributed by atoms with E-state index < -0.39 is 15.6 Å². The molecule has 74 valence electrons. The van der Waals surface area contributed by atoms with Gasteiger partial charge in [0.15, 0.2) is 0 Å². The molecule has 0 saturated carbocycles. The predicted molar refractivity (Wildman–Crippen MR) is 25.2 cm³/mol. The van der Waals surface area contributed by atoms with Crippen LogP contribution < -0.4 is 0 Å². The summed E-state index contributed by atoms with van der Waals surface area (Å²) in [7, 11) is -10.1. The van der Waals surface area contributed by atoms with E-state index in [9.17, 15) is 9.13 Å². The minimum Gasteiger partial charge on any atom is -0.302 e. The Balaban J connectivity index is -0.000000320. The van der Waals surface area contributed by atoms with Crippen molar-refractivity contribution in [2.45, 2.75) is 0 Å². The molecule has 4 N–H and O–H groups in total. The van der Waals surface area contributed by atoms with Crippen molar-refractivity contribution in [2.24, 2.45) is 0 Å². The molecule has 0 aromatic rings. The fraction of sp³-hybridized carbons (Fsp3) is 0. The SMILES string of the molecule is O=P(O)(O)OP(=O)(O)O.[Co].[Co]. The summed E-state index contributed by atoms with van der Waals surface area (Å²) in [6.07, 6.45) is 0. The first-order valence-corrected chi connectivity index (χ1v) is 4.59. The van der Waals surface area contributed by atoms with Gasteiger partial charge in [-0.05, 0) is 0 Å². The first-order chi connectivity index (χ1) is 3.71. The average molecular weight is 296 g/mol. The molecule has 0 heterocycles. The molecule has 0 bridgehead atoms. The van der Waals surface area contributed by atoms with Gasteiger partial charge in [-0.25, -0.2) is 9.13 Å². The second-order valence-electron chi connectivity index (χ2n) is 1.06. The van der Waals surface area contributed by atoms with Crippen molar-refractivity contribution in [3.8, 4) is 0 Å². The zero-order valence-corrected chi connectivity index (χ0v) is 8.45. The molecule has 2 radical (unpaired) electrons. The molecule has 0 amide bonds. The van der Waals surface area contributed by atoms with E-state index in [1.165, 1.54) is 0 Å². The second kappa shape index (κ2) is 5.84. The van der Waals surface area contributed by atoms with E-state index in [1.807, 2.05) is 0 Å². The summed E-state index contributed by atoms with van der Waals surface area (Å²) in [4.78, 5) is 31.0. The zero-order valence-electron chi connectivity index (χ0n) is 4.57. The molecule has 0 aromatic carbocycles. The summed E-state index contributed by atoms with van der Waals surface area (Å²) in [5.74, 6) is 0. The van der Waals surface area contributed by atoms with Gasteiger partial charge in [0.2, 0.25) is 0 Å². The van der Waals surface area contributed by atoms with Crippen molar-refractivity contribution in [1.82, 2.24) is 0 Å². The van der Waals surface area contributed by atoms with Gasteiger partial charge in [-0.3, -0.25) is 0 Å². The van der Waals surface area contributed by atoms with Crippen molar-refractivity contribution in [2.75, 3.05) is 0 Å². The number of hydrogen-bond acceptors (Lipinski definition) is 3. The Morgan fingerprint density at radius 3 is 1.00 bits per heavy atom. The predicted octanol–water partition coefficient (Wildman–Crippen LogP) is -0.817. The molecule has 11 heteroatoms. The van der Waals surface area contributed by atoms with Crippen LogP contribution in [-0.4, -0.2) is 19.6 Å². The number of hydrogen-bond donors (Lipinski definition) is 4. The minimum absolute atomic E-state index is 0. The fourth-order valence-electron chi connectivity index (χ4n) is 0.139. The van der Waals surface area contributed by atoms with E-state index in [1.54, 1.807) is 0 Å². The third-order valence-electron chi connectivity index (χ3n) is 0.213. The molecule has 0 aliphatic rings. The number of phosphoric acid groups is 2. The maximum absolute atomic E-state index is 9.63. The molecule has 11 heavy (non-hydrogen) atoms. The molecule has 0 atom stereocenters. The van der Waals surface area contributed by atoms with Crippen LogP contribution in [0.15, 0.2) is 0 Å². The van der Waals surface area contributed by atoms with Gasteiger partial charge in [0.05, 0.1) is 0 Å². The van der Waals surface area contributed by atoms with Crippen LogP contribution >= 0.6 is 15.6 Å². The van der Waals surface area contributed by atoms with E-state index in [0.29, 0.717) is 0 Å². The van der Waals surface area contributed by atoms with Crippen LogP contribution in [0, 0.1) is 0 Å². The molecule has 7 nitrogen and oxygen atoms in total. The van der Waals surface area contributed by atoms with Gasteiger partial charge in [0.1, 0.15) is 0 Å². The summed E-state index contributed by atoms with van der Waals surface area (Å²) >= 11 is 0. The molecule has 0 spiro atoms. The van der Waals surface area contributed by atoms with Crippen LogP contribution in [0.1, 0.15) is 0 Å². The van der Waals surface area contributed by atoms with Gasteiger partial charge in [-0.15, -0.1) is 0 Å². The normalized spacial score (nSPS) is 11.3. The van der Waals surface area contributed by atoms with Crippen molar-refractivity contribution in [3.63, 3.8) is 0 Å². The van der Waals surface area contributed by atoms with Crippen LogP contribution in [-0.2, 0) is 47.0 Å². The van der Waals surface area contributed by atoms with Crippen LogP contribution in [0.3, 0.4) is 0 Å². The maximum atomic E-state index is 9.63. The first kappa shape index (κ1) is 18.1. The Bertz CT molecular complexity index is 155. The third-order valence-corrected chi connectivity index (χ3v) is 1.91. The third kappa shape index (κ3) is 18.3. The summed E-state index contributed by atoms with van der Waals surface area (Å²) in [5, 5.41) is 0. The van der Waals surface area contributed by atoms with Crippen molar-refractivity contribution in [1.29, 1.82) is 0 Å². The van der Waals surface area contributed by atoms with Crippen molar-refractivity contribution >= 4 is 15.6 Å². The first-order valence-electron chi connectivity index (χ1n) is 1.53. The Labute approximate surface area is 82.4 Å². The molecular weight excluding hydrogens is 292 g/mol. The summed E-state index contributed by atoms with van der Waals surface area (Å²) in [5.41, 5.74) is 0. The van der Waals surface area contributed by atoms with E-state index in [0.717, 1.165) is 0 Å². The molecule has 0 aliphatic carbocycles. The number of rotatable bonds is 2. The molecule has 0 fully saturated rings. The van der Waals surface area contributed by atoms with Gasteiger partial charge in [-0.1, -0.05) is 0 Å². The smallest absolute Gasteiger partial charge is 0.302 e. The summed E-state index contributed by atoms with van der Waals surface area (Å²) < 4.78 is 22.2. The quantitative estimate of drug-likeness (QED) is 0.491. The minimum atomic E-state index is -5.05. The topological polar surface area (TPSA) is 124 Å². The average Bonchev–Trinajstić information content (AvgIpc) is 1.14. The van der Waals surface area contributed by atoms with Gasteiger partial charge < -0.3 is 19.6 Å². The standard InChI is InChI=1S/2Co.H4O7P2/c;;1-8(2,3)7-9(4,5)6/h;;(H2,1,2,3)(H2,4,5,6). The van der Waals surface area contributed by atoms with Gasteiger partial charge in [0, 0.05) is 33.6 Å². The van der Waals surface area contributed by atoms with Crippen LogP contribution in [0.4, 0.5) is 0 Å². The zero-order chi connectivity index (χ0) is 7.71. The molecule has 0 unspecified atom stereocenters. The van der Waals surface area contributed by atoms with Crippen molar-refractivity contribution in [3.05, 3.63) is 0 Å². The molecule has 0 aliphatic heterocycles. The summed E-state index contributed by atoms with van der Waals surface area (Å²) in [6, 6.07) is 0. The molecule has 0 rings (SSSR count). The largest absolute Gasteiger partial charge is 0.478 e. The Kier molecular flexibility index (Phi) is 9.63. The monoisotopic (exact) mass is 296 g/mol. The van der Waals surface area contributed by atoms with E-state index in [2.05, 4.69) is 4.31 Å². The second-order valence-corrected chi connectivity index (χ2v) is 3.68. The Morgan fingerprint density at radius 1 is 0.818 bits per heavy atom. The molecular formula is H4Co2O7P2.